The van der Waals surface area contributed by atoms with Crippen molar-refractivity contribution in [1.82, 2.24) is 0 Å². The average Bonchev–Trinajstić information content (AvgIpc) is 2.17. The van der Waals surface area contributed by atoms with Crippen LogP contribution in [0.5, 0.6) is 0 Å². The summed E-state index contributed by atoms with van der Waals surface area (Å²) in [5.41, 5.74) is 9.29. The van der Waals surface area contributed by atoms with E-state index in [2.05, 4.69) is 20.8 Å². The van der Waals surface area contributed by atoms with Gasteiger partial charge in [0.2, 0.25) is 0 Å². The molecular formula is C11H23N. The second kappa shape index (κ2) is 8.38. The van der Waals surface area contributed by atoms with Crippen molar-refractivity contribution >= 4 is 0 Å². The molecule has 2 N–H and O–H groups in total. The Kier molecular flexibility index (Phi) is 9.66. The van der Waals surface area contributed by atoms with Gasteiger partial charge in [-0.15, -0.1) is 0 Å². The normalized spacial score (nSPS) is 13.0. The van der Waals surface area contributed by atoms with Crippen LogP contribution < -0.4 is 5.73 Å². The Morgan fingerprint density at radius 2 is 1.58 bits per heavy atom. The van der Waals surface area contributed by atoms with E-state index in [1.165, 1.54) is 16.7 Å². The zero-order chi connectivity index (χ0) is 10.1. The Hall–Kier alpha value is -0.720. The van der Waals surface area contributed by atoms with E-state index in [1.807, 2.05) is 20.8 Å². The summed E-state index contributed by atoms with van der Waals surface area (Å²) in [5, 5.41) is 0. The molecule has 0 spiro atoms. The fraction of sp³-hybridized carbons (Fsp3) is 0.636. The molecule has 0 saturated heterocycles. The van der Waals surface area contributed by atoms with Gasteiger partial charge in [-0.2, -0.15) is 0 Å². The van der Waals surface area contributed by atoms with Gasteiger partial charge in [0.1, 0.15) is 0 Å². The van der Waals surface area contributed by atoms with Crippen LogP contribution in [0.3, 0.4) is 0 Å². The molecule has 0 aliphatic heterocycles. The Balaban J connectivity index is 0. The van der Waals surface area contributed by atoms with Gasteiger partial charge in [0.25, 0.3) is 0 Å². The standard InChI is InChI=1S/C9H17N.C2H6/c1-5-7(2)9(4)8(3)6-10;1-2/h6H,5,10H2,1-4H3;1-2H3/b8-6-,9-7?;. The van der Waals surface area contributed by atoms with Gasteiger partial charge in [-0.1, -0.05) is 26.3 Å². The van der Waals surface area contributed by atoms with E-state index in [0.29, 0.717) is 0 Å². The Morgan fingerprint density at radius 1 is 1.17 bits per heavy atom. The molecule has 0 aliphatic carbocycles. The van der Waals surface area contributed by atoms with Gasteiger partial charge < -0.3 is 5.73 Å². The maximum absolute atomic E-state index is 5.37. The first kappa shape index (κ1) is 13.8. The molecule has 0 atom stereocenters. The number of hydrogen-bond acceptors (Lipinski definition) is 1. The molecule has 0 saturated carbocycles. The molecule has 0 aliphatic rings. The van der Waals surface area contributed by atoms with Crippen LogP contribution in [0.25, 0.3) is 0 Å². The lowest BCUT2D eigenvalue weighted by molar-refractivity contribution is 1.05. The Morgan fingerprint density at radius 3 is 1.83 bits per heavy atom. The smallest absolute Gasteiger partial charge is 0.00299 e. The van der Waals surface area contributed by atoms with Crippen LogP contribution in [0.1, 0.15) is 48.0 Å². The first-order valence-electron chi connectivity index (χ1n) is 4.68. The van der Waals surface area contributed by atoms with Gasteiger partial charge in [-0.3, -0.25) is 0 Å². The molecule has 0 bridgehead atoms. The van der Waals surface area contributed by atoms with E-state index in [1.54, 1.807) is 6.20 Å². The summed E-state index contributed by atoms with van der Waals surface area (Å²) in [4.78, 5) is 0. The second-order valence-electron chi connectivity index (χ2n) is 2.61. The van der Waals surface area contributed by atoms with E-state index >= 15 is 0 Å². The van der Waals surface area contributed by atoms with Crippen molar-refractivity contribution in [2.45, 2.75) is 48.0 Å². The summed E-state index contributed by atoms with van der Waals surface area (Å²) in [6.07, 6.45) is 2.77. The monoisotopic (exact) mass is 169 g/mol. The molecule has 12 heavy (non-hydrogen) atoms. The van der Waals surface area contributed by atoms with Crippen LogP contribution in [-0.4, -0.2) is 0 Å². The summed E-state index contributed by atoms with van der Waals surface area (Å²) < 4.78 is 0. The molecule has 0 radical (unpaired) electrons. The minimum atomic E-state index is 1.11. The predicted molar refractivity (Wildman–Crippen MR) is 58.0 cm³/mol. The second-order valence-corrected chi connectivity index (χ2v) is 2.61. The third-order valence-electron chi connectivity index (χ3n) is 2.01. The van der Waals surface area contributed by atoms with Crippen molar-refractivity contribution in [3.63, 3.8) is 0 Å². The molecule has 0 unspecified atom stereocenters. The molecule has 72 valence electrons. The Labute approximate surface area is 77.4 Å². The fourth-order valence-electron chi connectivity index (χ4n) is 0.727. The lowest BCUT2D eigenvalue weighted by Gasteiger charge is -2.04. The molecule has 0 fully saturated rings. The molecule has 0 aromatic heterocycles. The van der Waals surface area contributed by atoms with E-state index in [-0.39, 0.29) is 0 Å². The van der Waals surface area contributed by atoms with Gasteiger partial charge in [0.05, 0.1) is 0 Å². The van der Waals surface area contributed by atoms with E-state index in [4.69, 9.17) is 5.73 Å². The third kappa shape index (κ3) is 5.00. The Bertz CT molecular complexity index is 164. The summed E-state index contributed by atoms with van der Waals surface area (Å²) in [6, 6.07) is 0. The van der Waals surface area contributed by atoms with Crippen molar-refractivity contribution in [3.05, 3.63) is 22.9 Å². The molecule has 0 amide bonds. The van der Waals surface area contributed by atoms with Crippen LogP contribution in [0, 0.1) is 0 Å². The van der Waals surface area contributed by atoms with E-state index in [0.717, 1.165) is 6.42 Å². The molecule has 0 aromatic carbocycles. The van der Waals surface area contributed by atoms with E-state index < -0.39 is 0 Å². The number of nitrogens with two attached hydrogens (primary N) is 1. The molecule has 1 nitrogen and oxygen atoms in total. The van der Waals surface area contributed by atoms with Crippen molar-refractivity contribution in [1.29, 1.82) is 0 Å². The molecule has 0 heterocycles. The van der Waals surface area contributed by atoms with Crippen LogP contribution >= 0.6 is 0 Å². The summed E-state index contributed by atoms with van der Waals surface area (Å²) in [7, 11) is 0. The third-order valence-corrected chi connectivity index (χ3v) is 2.01. The van der Waals surface area contributed by atoms with Gasteiger partial charge in [0.15, 0.2) is 0 Å². The van der Waals surface area contributed by atoms with Gasteiger partial charge in [-0.25, -0.2) is 0 Å². The largest absolute Gasteiger partial charge is 0.404 e. The zero-order valence-electron chi connectivity index (χ0n) is 9.36. The number of allylic oxidation sites excluding steroid dienone is 3. The SMILES string of the molecule is CC.CCC(C)=C(C)/C(C)=C\N. The maximum atomic E-state index is 5.37. The summed E-state index contributed by atoms with van der Waals surface area (Å²) in [6.45, 7) is 12.4. The first-order chi connectivity index (χ1) is 5.63. The number of hydrogen-bond donors (Lipinski definition) is 1. The lowest BCUT2D eigenvalue weighted by Crippen LogP contribution is -1.89. The van der Waals surface area contributed by atoms with Crippen LogP contribution in [0.2, 0.25) is 0 Å². The highest BCUT2D eigenvalue weighted by Gasteiger charge is 1.95. The average molecular weight is 169 g/mol. The molecule has 0 rings (SSSR count). The zero-order valence-corrected chi connectivity index (χ0v) is 9.36. The topological polar surface area (TPSA) is 26.0 Å². The van der Waals surface area contributed by atoms with Crippen molar-refractivity contribution in [3.8, 4) is 0 Å². The van der Waals surface area contributed by atoms with Gasteiger partial charge in [0, 0.05) is 0 Å². The first-order valence-corrected chi connectivity index (χ1v) is 4.68. The minimum absolute atomic E-state index is 1.11. The molecule has 1 heteroatoms. The van der Waals surface area contributed by atoms with Crippen LogP contribution in [0.4, 0.5) is 0 Å². The molecule has 0 aromatic rings. The van der Waals surface area contributed by atoms with E-state index in [9.17, 15) is 0 Å². The summed E-state index contributed by atoms with van der Waals surface area (Å²) >= 11 is 0. The highest BCUT2D eigenvalue weighted by molar-refractivity contribution is 5.30. The lowest BCUT2D eigenvalue weighted by atomic mass is 10.0. The minimum Gasteiger partial charge on any atom is -0.404 e. The maximum Gasteiger partial charge on any atom is -0.00299 e. The van der Waals surface area contributed by atoms with Crippen molar-refractivity contribution in [2.75, 3.05) is 0 Å². The highest BCUT2D eigenvalue weighted by Crippen LogP contribution is 2.14. The van der Waals surface area contributed by atoms with Crippen LogP contribution in [0.15, 0.2) is 22.9 Å². The van der Waals surface area contributed by atoms with Gasteiger partial charge in [-0.05, 0) is 44.5 Å². The van der Waals surface area contributed by atoms with Crippen molar-refractivity contribution in [2.24, 2.45) is 5.73 Å². The van der Waals surface area contributed by atoms with Gasteiger partial charge >= 0.3 is 0 Å². The highest BCUT2D eigenvalue weighted by atomic mass is 14.5. The van der Waals surface area contributed by atoms with Crippen molar-refractivity contribution < 1.29 is 0 Å². The summed E-state index contributed by atoms with van der Waals surface area (Å²) in [5.74, 6) is 0. The predicted octanol–water partition coefficient (Wildman–Crippen LogP) is 3.62. The quantitative estimate of drug-likeness (QED) is 0.628. The molecular weight excluding hydrogens is 146 g/mol. The number of rotatable bonds is 2. The fourth-order valence-corrected chi connectivity index (χ4v) is 0.727. The van der Waals surface area contributed by atoms with Crippen LogP contribution in [-0.2, 0) is 0 Å².